The Hall–Kier alpha value is -4.87. The zero-order chi connectivity index (χ0) is 50.8. The van der Waals surface area contributed by atoms with Crippen molar-refractivity contribution >= 4 is 35.8 Å². The molecule has 0 bridgehead atoms. The minimum absolute atomic E-state index is 0.00701. The van der Waals surface area contributed by atoms with Crippen molar-refractivity contribution in [3.05, 3.63) is 65.7 Å². The molecular formula is C50H75F3N4O10. The summed E-state index contributed by atoms with van der Waals surface area (Å²) in [6.07, 6.45) is -4.14. The Morgan fingerprint density at radius 3 is 1.99 bits per heavy atom. The lowest BCUT2D eigenvalue weighted by molar-refractivity contribution is -0.156. The quantitative estimate of drug-likeness (QED) is 0.0912. The molecule has 0 spiro atoms. The number of nitrogens with zero attached hydrogens (tertiary/aromatic N) is 3. The molecule has 3 rings (SSSR count). The minimum atomic E-state index is -4.64. The number of aldehydes is 1. The smallest absolute Gasteiger partial charge is 0.446 e. The van der Waals surface area contributed by atoms with Gasteiger partial charge in [-0.05, 0) is 67.3 Å². The maximum absolute atomic E-state index is 14.6. The number of likely N-dealkylation sites (N-methyl/N-ethyl adjacent to an activating group) is 2. The first-order valence-electron chi connectivity index (χ1n) is 23.1. The maximum Gasteiger partial charge on any atom is 0.446 e. The van der Waals surface area contributed by atoms with Gasteiger partial charge in [0.2, 0.25) is 24.0 Å². The Bertz CT molecular complexity index is 1870. The molecule has 1 saturated heterocycles. The van der Waals surface area contributed by atoms with Gasteiger partial charge in [-0.2, -0.15) is 13.2 Å². The highest BCUT2D eigenvalue weighted by Gasteiger charge is 2.43. The number of carbonyl (C=O) groups excluding carboxylic acids is 5. The van der Waals surface area contributed by atoms with E-state index in [1.54, 1.807) is 43.0 Å². The first kappa shape index (κ1) is 58.3. The number of aromatic hydroxyl groups is 1. The van der Waals surface area contributed by atoms with Gasteiger partial charge in [-0.1, -0.05) is 97.4 Å². The number of carboxylic acid groups (broad SMARTS) is 1. The second-order valence-electron chi connectivity index (χ2n) is 18.4. The lowest BCUT2D eigenvalue weighted by Gasteiger charge is -2.41. The van der Waals surface area contributed by atoms with Crippen molar-refractivity contribution in [2.75, 3.05) is 41.4 Å². The number of carbonyl (C=O) groups is 6. The third-order valence-electron chi connectivity index (χ3n) is 13.0. The van der Waals surface area contributed by atoms with Crippen LogP contribution in [0.4, 0.5) is 13.2 Å². The number of alkyl halides is 3. The molecular weight excluding hydrogens is 874 g/mol. The number of benzene rings is 2. The standard InChI is InChI=1S/C48H74N4O9.C2HF3O/c1-12-32(6)44(51(9)47(57)37(30(2)3)28-40(54)43(31(4)5)50(8)26-24-34-20-22-36(53)23-21-34)41(60-10)29-42(55)52-25-16-19-39(52)45(61-11)33(7)46(56)49-38(48(58)59)27-35-17-14-13-15-18-35;3-2(4,5)1-6/h13-15,17-18,20-23,30-33,37-39,41,43-45,53H,12,16,19,24-29H2,1-11H3,(H,49,56)(H,58,59);1H/t32-,33+,37-,38-,39-,41+,43-,44-,45+;/m0./s1. The number of halogens is 3. The van der Waals surface area contributed by atoms with E-state index in [0.717, 1.165) is 17.5 Å². The van der Waals surface area contributed by atoms with Crippen molar-refractivity contribution in [2.24, 2.45) is 29.6 Å². The second-order valence-corrected chi connectivity index (χ2v) is 18.4. The fourth-order valence-corrected chi connectivity index (χ4v) is 9.10. The molecule has 0 aromatic heterocycles. The third-order valence-corrected chi connectivity index (χ3v) is 13.0. The van der Waals surface area contributed by atoms with Crippen LogP contribution >= 0.6 is 0 Å². The number of hydrogen-bond donors (Lipinski definition) is 3. The van der Waals surface area contributed by atoms with Crippen molar-refractivity contribution in [3.63, 3.8) is 0 Å². The van der Waals surface area contributed by atoms with Gasteiger partial charge < -0.3 is 34.8 Å². The van der Waals surface area contributed by atoms with E-state index in [2.05, 4.69) is 10.2 Å². The lowest BCUT2D eigenvalue weighted by Crippen LogP contribution is -2.55. The number of amides is 3. The molecule has 2 aromatic carbocycles. The molecule has 9 atom stereocenters. The molecule has 0 radical (unpaired) electrons. The summed E-state index contributed by atoms with van der Waals surface area (Å²) in [6, 6.07) is 13.7. The fourth-order valence-electron chi connectivity index (χ4n) is 9.10. The monoisotopic (exact) mass is 949 g/mol. The number of likely N-dealkylation sites (tertiary alicyclic amines) is 1. The molecule has 0 aliphatic carbocycles. The molecule has 1 fully saturated rings. The number of rotatable bonds is 25. The molecule has 3 N–H and O–H groups in total. The van der Waals surface area contributed by atoms with Crippen LogP contribution in [0.25, 0.3) is 0 Å². The van der Waals surface area contributed by atoms with Crippen molar-refractivity contribution < 1.29 is 61.6 Å². The summed E-state index contributed by atoms with van der Waals surface area (Å²) in [5, 5.41) is 22.3. The van der Waals surface area contributed by atoms with Gasteiger partial charge in [0, 0.05) is 53.1 Å². The first-order valence-corrected chi connectivity index (χ1v) is 23.1. The molecule has 0 unspecified atom stereocenters. The Labute approximate surface area is 394 Å². The predicted molar refractivity (Wildman–Crippen MR) is 249 cm³/mol. The Morgan fingerprint density at radius 1 is 0.896 bits per heavy atom. The van der Waals surface area contributed by atoms with E-state index in [0.29, 0.717) is 32.4 Å². The van der Waals surface area contributed by atoms with Crippen LogP contribution in [0.3, 0.4) is 0 Å². The molecule has 1 aliphatic rings. The Kier molecular flexibility index (Phi) is 24.2. The van der Waals surface area contributed by atoms with Crippen molar-refractivity contribution in [2.45, 2.75) is 136 Å². The molecule has 376 valence electrons. The zero-order valence-electron chi connectivity index (χ0n) is 41.1. The molecule has 1 aliphatic heterocycles. The van der Waals surface area contributed by atoms with Gasteiger partial charge >= 0.3 is 12.1 Å². The molecule has 0 saturated carbocycles. The largest absolute Gasteiger partial charge is 0.508 e. The summed E-state index contributed by atoms with van der Waals surface area (Å²) in [5.74, 6) is -3.26. The average molecular weight is 949 g/mol. The molecule has 1 heterocycles. The number of Topliss-reactive ketones (excluding diaryl/α,β-unsaturated/α-hetero) is 1. The van der Waals surface area contributed by atoms with Crippen LogP contribution in [-0.4, -0.2) is 145 Å². The maximum atomic E-state index is 14.6. The van der Waals surface area contributed by atoms with Crippen molar-refractivity contribution in [3.8, 4) is 5.75 Å². The average Bonchev–Trinajstić information content (AvgIpc) is 3.77. The van der Waals surface area contributed by atoms with Crippen LogP contribution in [-0.2, 0) is 51.1 Å². The summed E-state index contributed by atoms with van der Waals surface area (Å²) in [6.45, 7) is 14.8. The lowest BCUT2D eigenvalue weighted by atomic mass is 9.83. The van der Waals surface area contributed by atoms with Crippen LogP contribution in [0.5, 0.6) is 5.75 Å². The number of ether oxygens (including phenoxy) is 2. The van der Waals surface area contributed by atoms with Crippen LogP contribution in [0.2, 0.25) is 0 Å². The molecule has 17 heteroatoms. The minimum Gasteiger partial charge on any atom is -0.508 e. The number of nitrogens with one attached hydrogen (secondary N) is 1. The fraction of sp³-hybridized carbons (Fsp3) is 0.640. The van der Waals surface area contributed by atoms with E-state index in [-0.39, 0.29) is 60.4 Å². The zero-order valence-corrected chi connectivity index (χ0v) is 41.1. The van der Waals surface area contributed by atoms with E-state index in [4.69, 9.17) is 14.3 Å². The second kappa shape index (κ2) is 27.8. The number of phenols is 1. The van der Waals surface area contributed by atoms with Crippen LogP contribution < -0.4 is 5.32 Å². The van der Waals surface area contributed by atoms with Gasteiger partial charge in [0.25, 0.3) is 0 Å². The van der Waals surface area contributed by atoms with Gasteiger partial charge in [-0.3, -0.25) is 28.9 Å². The van der Waals surface area contributed by atoms with Crippen LogP contribution in [0.15, 0.2) is 54.6 Å². The third kappa shape index (κ3) is 17.9. The SMILES string of the molecule is CC[C@H](C)[C@@H]([C@@H](CC(=O)N1CCC[C@H]1[C@H](OC)[C@@H](C)C(=O)N[C@@H](Cc1ccccc1)C(=O)O)OC)N(C)C(=O)[C@@H](CC(=O)[C@H](C(C)C)N(C)CCc1ccc(O)cc1)C(C)C.O=CC(F)(F)F. The summed E-state index contributed by atoms with van der Waals surface area (Å²) >= 11 is 0. The van der Waals surface area contributed by atoms with E-state index < -0.39 is 72.6 Å². The molecule has 14 nitrogen and oxygen atoms in total. The van der Waals surface area contributed by atoms with Crippen LogP contribution in [0.1, 0.15) is 91.7 Å². The van der Waals surface area contributed by atoms with Crippen molar-refractivity contribution in [1.82, 2.24) is 20.0 Å². The number of carboxylic acids is 1. The normalized spacial score (nSPS) is 17.6. The van der Waals surface area contributed by atoms with E-state index in [1.807, 2.05) is 91.1 Å². The topological polar surface area (TPSA) is 183 Å². The molecule has 2 aromatic rings. The number of hydrogen-bond acceptors (Lipinski definition) is 10. The summed E-state index contributed by atoms with van der Waals surface area (Å²) < 4.78 is 43.2. The van der Waals surface area contributed by atoms with Gasteiger partial charge in [-0.25, -0.2) is 4.79 Å². The summed E-state index contributed by atoms with van der Waals surface area (Å²) in [4.78, 5) is 83.0. The van der Waals surface area contributed by atoms with Gasteiger partial charge in [0.15, 0.2) is 5.78 Å². The predicted octanol–water partition coefficient (Wildman–Crippen LogP) is 6.60. The van der Waals surface area contributed by atoms with E-state index in [9.17, 15) is 47.4 Å². The highest BCUT2D eigenvalue weighted by Crippen LogP contribution is 2.31. The number of methoxy groups -OCH3 is 2. The highest BCUT2D eigenvalue weighted by molar-refractivity contribution is 5.90. The first-order chi connectivity index (χ1) is 31.4. The Morgan fingerprint density at radius 2 is 1.49 bits per heavy atom. The van der Waals surface area contributed by atoms with Gasteiger partial charge in [0.1, 0.15) is 11.8 Å². The number of phenolic OH excluding ortho intramolecular Hbond substituents is 1. The number of aliphatic carboxylic acids is 1. The van der Waals surface area contributed by atoms with Crippen LogP contribution in [0, 0.1) is 29.6 Å². The summed E-state index contributed by atoms with van der Waals surface area (Å²) in [7, 11) is 6.75. The molecule has 67 heavy (non-hydrogen) atoms. The van der Waals surface area contributed by atoms with Gasteiger partial charge in [0.05, 0.1) is 42.7 Å². The highest BCUT2D eigenvalue weighted by atomic mass is 19.4. The van der Waals surface area contributed by atoms with E-state index in [1.165, 1.54) is 7.11 Å². The number of ketones is 1. The van der Waals surface area contributed by atoms with Gasteiger partial charge in [-0.15, -0.1) is 0 Å². The van der Waals surface area contributed by atoms with Crippen molar-refractivity contribution in [1.29, 1.82) is 0 Å². The Balaban J connectivity index is 0.00000240. The molecule has 3 amide bonds. The summed E-state index contributed by atoms with van der Waals surface area (Å²) in [5.41, 5.74) is 1.84. The van der Waals surface area contributed by atoms with E-state index >= 15 is 0 Å².